The van der Waals surface area contributed by atoms with Crippen molar-refractivity contribution in [2.24, 2.45) is 0 Å². The van der Waals surface area contributed by atoms with Crippen LogP contribution in [0.3, 0.4) is 0 Å². The Morgan fingerprint density at radius 2 is 2.21 bits per heavy atom. The van der Waals surface area contributed by atoms with Crippen molar-refractivity contribution >= 4 is 5.91 Å². The maximum absolute atomic E-state index is 11.8. The van der Waals surface area contributed by atoms with Crippen LogP contribution >= 0.6 is 0 Å². The van der Waals surface area contributed by atoms with E-state index in [2.05, 4.69) is 5.32 Å². The first kappa shape index (κ1) is 12.5. The number of rotatable bonds is 2. The summed E-state index contributed by atoms with van der Waals surface area (Å²) in [6.45, 7) is 0.168. The van der Waals surface area contributed by atoms with E-state index in [9.17, 15) is 4.79 Å². The zero-order chi connectivity index (χ0) is 13.3. The number of methoxy groups -OCH3 is 1. The van der Waals surface area contributed by atoms with Crippen LogP contribution < -0.4 is 10.1 Å². The third-order valence-electron chi connectivity index (χ3n) is 4.20. The van der Waals surface area contributed by atoms with Gasteiger partial charge < -0.3 is 14.8 Å². The van der Waals surface area contributed by atoms with E-state index in [0.29, 0.717) is 0 Å². The third-order valence-corrected chi connectivity index (χ3v) is 4.20. The molecule has 102 valence electrons. The number of ether oxygens (including phenoxy) is 2. The summed E-state index contributed by atoms with van der Waals surface area (Å²) in [6, 6.07) is 7.91. The lowest BCUT2D eigenvalue weighted by atomic mass is 9.73. The van der Waals surface area contributed by atoms with Gasteiger partial charge in [0.05, 0.1) is 18.8 Å². The number of hydrogen-bond donors (Lipinski definition) is 1. The third kappa shape index (κ3) is 2.00. The molecule has 1 amide bonds. The minimum atomic E-state index is -0.416. The summed E-state index contributed by atoms with van der Waals surface area (Å²) >= 11 is 0. The van der Waals surface area contributed by atoms with E-state index in [1.165, 1.54) is 0 Å². The number of amides is 1. The molecule has 0 bridgehead atoms. The lowest BCUT2D eigenvalue weighted by Gasteiger charge is -2.47. The van der Waals surface area contributed by atoms with Gasteiger partial charge in [0.25, 0.3) is 0 Å². The minimum absolute atomic E-state index is 0.0379. The first-order valence-corrected chi connectivity index (χ1v) is 6.82. The van der Waals surface area contributed by atoms with Crippen molar-refractivity contribution in [2.75, 3.05) is 13.7 Å². The number of fused-ring (bicyclic) bond motifs is 1. The average molecular weight is 261 g/mol. The summed E-state index contributed by atoms with van der Waals surface area (Å²) in [5, 5.41) is 3.18. The van der Waals surface area contributed by atoms with E-state index in [-0.39, 0.29) is 18.6 Å². The zero-order valence-corrected chi connectivity index (χ0v) is 11.1. The number of benzene rings is 1. The fraction of sp³-hybridized carbons (Fsp3) is 0.533. The van der Waals surface area contributed by atoms with Gasteiger partial charge in [0.2, 0.25) is 5.91 Å². The molecule has 1 aliphatic carbocycles. The van der Waals surface area contributed by atoms with Crippen molar-refractivity contribution in [1.82, 2.24) is 5.32 Å². The second kappa shape index (κ2) is 4.85. The quantitative estimate of drug-likeness (QED) is 0.885. The topological polar surface area (TPSA) is 47.6 Å². The molecule has 3 rings (SSSR count). The predicted molar refractivity (Wildman–Crippen MR) is 71.0 cm³/mol. The highest BCUT2D eigenvalue weighted by molar-refractivity contribution is 5.79. The van der Waals surface area contributed by atoms with E-state index in [0.717, 1.165) is 37.0 Å². The molecule has 2 atom stereocenters. The summed E-state index contributed by atoms with van der Waals surface area (Å²) in [6.07, 6.45) is 4.19. The van der Waals surface area contributed by atoms with Crippen LogP contribution in [0.4, 0.5) is 0 Å². The van der Waals surface area contributed by atoms with Crippen LogP contribution in [-0.2, 0) is 15.1 Å². The minimum Gasteiger partial charge on any atom is -0.496 e. The Morgan fingerprint density at radius 1 is 1.37 bits per heavy atom. The average Bonchev–Trinajstić information content (AvgIpc) is 2.47. The van der Waals surface area contributed by atoms with Gasteiger partial charge in [-0.15, -0.1) is 0 Å². The van der Waals surface area contributed by atoms with Gasteiger partial charge in [-0.1, -0.05) is 31.0 Å². The Kier molecular flexibility index (Phi) is 3.19. The molecule has 0 radical (unpaired) electrons. The maximum atomic E-state index is 11.8. The van der Waals surface area contributed by atoms with E-state index >= 15 is 0 Å². The first-order valence-electron chi connectivity index (χ1n) is 6.82. The smallest absolute Gasteiger partial charge is 0.246 e. The molecule has 2 aliphatic rings. The molecule has 1 aromatic rings. The molecule has 1 saturated carbocycles. The molecule has 4 nitrogen and oxygen atoms in total. The van der Waals surface area contributed by atoms with Gasteiger partial charge in [0, 0.05) is 5.56 Å². The lowest BCUT2D eigenvalue weighted by molar-refractivity contribution is -0.148. The summed E-state index contributed by atoms with van der Waals surface area (Å²) in [5.74, 6) is 0.782. The van der Waals surface area contributed by atoms with E-state index in [4.69, 9.17) is 9.47 Å². The van der Waals surface area contributed by atoms with Crippen molar-refractivity contribution in [3.8, 4) is 5.75 Å². The van der Waals surface area contributed by atoms with Crippen LogP contribution in [0.5, 0.6) is 5.75 Å². The summed E-state index contributed by atoms with van der Waals surface area (Å²) in [4.78, 5) is 11.8. The Labute approximate surface area is 113 Å². The molecule has 4 heteroatoms. The van der Waals surface area contributed by atoms with Crippen molar-refractivity contribution in [2.45, 2.75) is 37.3 Å². The van der Waals surface area contributed by atoms with E-state index < -0.39 is 5.54 Å². The summed E-state index contributed by atoms with van der Waals surface area (Å²) in [7, 11) is 1.67. The van der Waals surface area contributed by atoms with Crippen molar-refractivity contribution in [3.63, 3.8) is 0 Å². The Balaban J connectivity index is 2.08. The molecule has 2 fully saturated rings. The molecular weight excluding hydrogens is 242 g/mol. The molecule has 0 aromatic heterocycles. The van der Waals surface area contributed by atoms with Crippen LogP contribution in [0.1, 0.15) is 31.2 Å². The van der Waals surface area contributed by atoms with Gasteiger partial charge in [-0.05, 0) is 18.9 Å². The molecule has 1 saturated heterocycles. The number of carbonyl (C=O) groups excluding carboxylic acids is 1. The monoisotopic (exact) mass is 261 g/mol. The number of carbonyl (C=O) groups is 1. The Hall–Kier alpha value is -1.55. The SMILES string of the molecule is COc1ccccc1C12CCCCC1OCC(=O)N2. The van der Waals surface area contributed by atoms with Crippen LogP contribution in [0.15, 0.2) is 24.3 Å². The van der Waals surface area contributed by atoms with E-state index in [1.807, 2.05) is 24.3 Å². The first-order chi connectivity index (χ1) is 9.26. The van der Waals surface area contributed by atoms with Gasteiger partial charge in [-0.3, -0.25) is 4.79 Å². The normalized spacial score (nSPS) is 30.4. The van der Waals surface area contributed by atoms with Crippen LogP contribution in [0.25, 0.3) is 0 Å². The fourth-order valence-electron chi connectivity index (χ4n) is 3.36. The highest BCUT2D eigenvalue weighted by Crippen LogP contribution is 2.44. The Morgan fingerprint density at radius 3 is 3.05 bits per heavy atom. The number of morpholine rings is 1. The number of nitrogens with one attached hydrogen (secondary N) is 1. The van der Waals surface area contributed by atoms with Crippen LogP contribution in [0, 0.1) is 0 Å². The van der Waals surface area contributed by atoms with E-state index in [1.54, 1.807) is 7.11 Å². The van der Waals surface area contributed by atoms with Crippen molar-refractivity contribution in [1.29, 1.82) is 0 Å². The number of hydrogen-bond acceptors (Lipinski definition) is 3. The molecule has 0 spiro atoms. The summed E-state index contributed by atoms with van der Waals surface area (Å²) in [5.41, 5.74) is 0.621. The van der Waals surface area contributed by atoms with Crippen LogP contribution in [0.2, 0.25) is 0 Å². The van der Waals surface area contributed by atoms with Crippen molar-refractivity contribution < 1.29 is 14.3 Å². The Bertz CT molecular complexity index is 488. The lowest BCUT2D eigenvalue weighted by Crippen LogP contribution is -2.61. The highest BCUT2D eigenvalue weighted by Gasteiger charge is 2.48. The molecular formula is C15H19NO3. The van der Waals surface area contributed by atoms with Gasteiger partial charge in [0.1, 0.15) is 12.4 Å². The van der Waals surface area contributed by atoms with Gasteiger partial charge >= 0.3 is 0 Å². The molecule has 1 aliphatic heterocycles. The maximum Gasteiger partial charge on any atom is 0.246 e. The van der Waals surface area contributed by atoms with Crippen molar-refractivity contribution in [3.05, 3.63) is 29.8 Å². The van der Waals surface area contributed by atoms with Gasteiger partial charge in [-0.2, -0.15) is 0 Å². The molecule has 1 aromatic carbocycles. The largest absolute Gasteiger partial charge is 0.496 e. The zero-order valence-electron chi connectivity index (χ0n) is 11.1. The number of para-hydroxylation sites is 1. The summed E-state index contributed by atoms with van der Waals surface area (Å²) < 4.78 is 11.3. The van der Waals surface area contributed by atoms with Crippen LogP contribution in [-0.4, -0.2) is 25.7 Å². The molecule has 19 heavy (non-hydrogen) atoms. The fourth-order valence-corrected chi connectivity index (χ4v) is 3.36. The second-order valence-electron chi connectivity index (χ2n) is 5.27. The molecule has 1 N–H and O–H groups in total. The van der Waals surface area contributed by atoms with Gasteiger partial charge in [-0.25, -0.2) is 0 Å². The standard InChI is InChI=1S/C15H19NO3/c1-18-12-7-3-2-6-11(12)15-9-5-4-8-13(15)19-10-14(17)16-15/h2-3,6-7,13H,4-5,8-10H2,1H3,(H,16,17). The predicted octanol–water partition coefficient (Wildman–Crippen LogP) is 1.98. The molecule has 1 heterocycles. The molecule has 2 unspecified atom stereocenters. The second-order valence-corrected chi connectivity index (χ2v) is 5.27. The highest BCUT2D eigenvalue weighted by atomic mass is 16.5. The van der Waals surface area contributed by atoms with Gasteiger partial charge in [0.15, 0.2) is 0 Å².